The molecule has 0 aromatic heterocycles. The van der Waals surface area contributed by atoms with Crippen molar-refractivity contribution in [2.45, 2.75) is 406 Å². The highest BCUT2D eigenvalue weighted by molar-refractivity contribution is 5.71. The summed E-state index contributed by atoms with van der Waals surface area (Å²) >= 11 is 0. The van der Waals surface area contributed by atoms with Gasteiger partial charge in [0.15, 0.2) is 6.10 Å². The molecule has 0 aromatic carbocycles. The molecule has 6 heteroatoms. The van der Waals surface area contributed by atoms with Crippen LogP contribution in [0.3, 0.4) is 0 Å². The molecule has 0 aromatic rings. The molecule has 0 rings (SSSR count). The summed E-state index contributed by atoms with van der Waals surface area (Å²) in [5.74, 6) is -0.831. The molecule has 1 unspecified atom stereocenters. The minimum Gasteiger partial charge on any atom is -0.462 e. The van der Waals surface area contributed by atoms with Gasteiger partial charge in [-0.15, -0.1) is 0 Å². The third-order valence-electron chi connectivity index (χ3n) is 16.2. The second-order valence-corrected chi connectivity index (χ2v) is 24.2. The van der Waals surface area contributed by atoms with Crippen molar-refractivity contribution < 1.29 is 28.6 Å². The number of carbonyl (C=O) groups is 3. The highest BCUT2D eigenvalue weighted by Gasteiger charge is 2.19. The fraction of sp³-hybridized carbons (Fsp3) is 0.903. The Morgan fingerprint density at radius 2 is 0.462 bits per heavy atom. The normalized spacial score (nSPS) is 12.1. The molecule has 0 heterocycles. The highest BCUT2D eigenvalue weighted by atomic mass is 16.6. The molecule has 0 bridgehead atoms. The van der Waals surface area contributed by atoms with E-state index in [1.54, 1.807) is 0 Å². The topological polar surface area (TPSA) is 78.9 Å². The molecule has 78 heavy (non-hydrogen) atoms. The second kappa shape index (κ2) is 67.4. The van der Waals surface area contributed by atoms with Gasteiger partial charge in [-0.2, -0.15) is 0 Å². The Morgan fingerprint density at radius 1 is 0.256 bits per heavy atom. The van der Waals surface area contributed by atoms with E-state index in [0.717, 1.165) is 64.2 Å². The Bertz CT molecular complexity index is 1260. The Kier molecular flexibility index (Phi) is 65.6. The third kappa shape index (κ3) is 64.7. The number of esters is 3. The van der Waals surface area contributed by atoms with Gasteiger partial charge in [0.1, 0.15) is 13.2 Å². The van der Waals surface area contributed by atoms with Gasteiger partial charge in [0.25, 0.3) is 0 Å². The summed E-state index contributed by atoms with van der Waals surface area (Å²) in [5.41, 5.74) is 0. The van der Waals surface area contributed by atoms with Crippen LogP contribution in [0.2, 0.25) is 0 Å². The minimum absolute atomic E-state index is 0.0646. The summed E-state index contributed by atoms with van der Waals surface area (Å²) in [7, 11) is 0. The molecule has 0 aliphatic carbocycles. The summed E-state index contributed by atoms with van der Waals surface area (Å²) in [6, 6.07) is 0. The molecule has 1 atom stereocenters. The molecule has 0 aliphatic heterocycles. The first kappa shape index (κ1) is 75.9. The van der Waals surface area contributed by atoms with Crippen LogP contribution in [0.5, 0.6) is 0 Å². The molecule has 6 nitrogen and oxygen atoms in total. The van der Waals surface area contributed by atoms with Crippen molar-refractivity contribution in [1.29, 1.82) is 0 Å². The maximum absolute atomic E-state index is 13.0. The first-order valence-corrected chi connectivity index (χ1v) is 35.3. The SMILES string of the molecule is CCCCCCC/C=C\C/C=C\CCCCCCCCCCCCCC(=O)OCC(COC(=O)CCCCCCCCCCCCCCCCCCCC)OC(=O)CCCCCCCCCCCCCCCCCCCCC. The van der Waals surface area contributed by atoms with Crippen molar-refractivity contribution in [3.8, 4) is 0 Å². The summed E-state index contributed by atoms with van der Waals surface area (Å²) in [6.07, 6.45) is 82.0. The van der Waals surface area contributed by atoms with Gasteiger partial charge in [-0.3, -0.25) is 14.4 Å². The van der Waals surface area contributed by atoms with E-state index in [2.05, 4.69) is 45.1 Å². The zero-order chi connectivity index (χ0) is 56.4. The van der Waals surface area contributed by atoms with Gasteiger partial charge < -0.3 is 14.2 Å². The first-order valence-electron chi connectivity index (χ1n) is 35.3. The zero-order valence-electron chi connectivity index (χ0n) is 53.0. The number of unbranched alkanes of at least 4 members (excludes halogenated alkanes) is 51. The van der Waals surface area contributed by atoms with Crippen molar-refractivity contribution in [1.82, 2.24) is 0 Å². The molecule has 0 aliphatic rings. The number of ether oxygens (including phenoxy) is 3. The maximum Gasteiger partial charge on any atom is 0.306 e. The number of rotatable bonds is 66. The molecule has 0 saturated heterocycles. The van der Waals surface area contributed by atoms with Crippen LogP contribution in [0.1, 0.15) is 400 Å². The van der Waals surface area contributed by atoms with Gasteiger partial charge in [-0.05, 0) is 51.4 Å². The van der Waals surface area contributed by atoms with Gasteiger partial charge in [0.2, 0.25) is 0 Å². The summed E-state index contributed by atoms with van der Waals surface area (Å²) in [6.45, 7) is 6.72. The van der Waals surface area contributed by atoms with Crippen molar-refractivity contribution in [3.05, 3.63) is 24.3 Å². The van der Waals surface area contributed by atoms with E-state index in [0.29, 0.717) is 19.3 Å². The lowest BCUT2D eigenvalue weighted by Gasteiger charge is -2.18. The van der Waals surface area contributed by atoms with Crippen LogP contribution in [-0.2, 0) is 28.6 Å². The number of hydrogen-bond acceptors (Lipinski definition) is 6. The van der Waals surface area contributed by atoms with Crippen molar-refractivity contribution >= 4 is 17.9 Å². The van der Waals surface area contributed by atoms with Crippen LogP contribution >= 0.6 is 0 Å². The Hall–Kier alpha value is -2.11. The van der Waals surface area contributed by atoms with Crippen molar-refractivity contribution in [3.63, 3.8) is 0 Å². The highest BCUT2D eigenvalue weighted by Crippen LogP contribution is 2.19. The average molecular weight is 1100 g/mol. The Labute approximate surface area is 487 Å². The standard InChI is InChI=1S/C72H136O6/c1-4-7-10-13-16-19-22-25-28-31-34-35-36-37-39-41-44-47-50-53-56-59-62-65-71(74)77-68-69(67-76-70(73)64-61-58-55-52-49-46-43-40-33-30-27-24-21-18-15-12-9-6-3)78-72(75)66-63-60-57-54-51-48-45-42-38-32-29-26-23-20-17-14-11-8-5-2/h22,25,31,34,69H,4-21,23-24,26-30,32-33,35-68H2,1-3H3/b25-22-,34-31-. The smallest absolute Gasteiger partial charge is 0.306 e. The monoisotopic (exact) mass is 1100 g/mol. The molecule has 0 fully saturated rings. The van der Waals surface area contributed by atoms with E-state index in [9.17, 15) is 14.4 Å². The maximum atomic E-state index is 13.0. The number of hydrogen-bond donors (Lipinski definition) is 0. The van der Waals surface area contributed by atoms with E-state index in [-0.39, 0.29) is 31.1 Å². The van der Waals surface area contributed by atoms with E-state index in [1.165, 1.54) is 295 Å². The molecule has 0 saturated carbocycles. The molecule has 0 spiro atoms. The van der Waals surface area contributed by atoms with E-state index >= 15 is 0 Å². The molecular formula is C72H136O6. The lowest BCUT2D eigenvalue weighted by atomic mass is 10.0. The van der Waals surface area contributed by atoms with Crippen LogP contribution in [0.4, 0.5) is 0 Å². The van der Waals surface area contributed by atoms with Crippen molar-refractivity contribution in [2.24, 2.45) is 0 Å². The van der Waals surface area contributed by atoms with Gasteiger partial charge in [-0.1, -0.05) is 353 Å². The summed E-state index contributed by atoms with van der Waals surface area (Å²) in [4.78, 5) is 38.5. The van der Waals surface area contributed by atoms with Crippen LogP contribution in [0.15, 0.2) is 24.3 Å². The predicted molar refractivity (Wildman–Crippen MR) is 340 cm³/mol. The van der Waals surface area contributed by atoms with Gasteiger partial charge in [0, 0.05) is 19.3 Å². The van der Waals surface area contributed by atoms with Crippen LogP contribution in [0, 0.1) is 0 Å². The average Bonchev–Trinajstić information content (AvgIpc) is 3.44. The van der Waals surface area contributed by atoms with Gasteiger partial charge in [-0.25, -0.2) is 0 Å². The zero-order valence-corrected chi connectivity index (χ0v) is 53.0. The lowest BCUT2D eigenvalue weighted by Crippen LogP contribution is -2.30. The Balaban J connectivity index is 4.29. The lowest BCUT2D eigenvalue weighted by molar-refractivity contribution is -0.167. The summed E-state index contributed by atoms with van der Waals surface area (Å²) < 4.78 is 17.0. The van der Waals surface area contributed by atoms with Crippen molar-refractivity contribution in [2.75, 3.05) is 13.2 Å². The molecule has 0 radical (unpaired) electrons. The molecule has 460 valence electrons. The number of carbonyl (C=O) groups excluding carboxylic acids is 3. The third-order valence-corrected chi connectivity index (χ3v) is 16.2. The minimum atomic E-state index is -0.769. The number of allylic oxidation sites excluding steroid dienone is 4. The van der Waals surface area contributed by atoms with Gasteiger partial charge in [0.05, 0.1) is 0 Å². The Morgan fingerprint density at radius 3 is 0.705 bits per heavy atom. The predicted octanol–water partition coefficient (Wildman–Crippen LogP) is 24.2. The van der Waals surface area contributed by atoms with Crippen LogP contribution < -0.4 is 0 Å². The van der Waals surface area contributed by atoms with Gasteiger partial charge >= 0.3 is 17.9 Å². The van der Waals surface area contributed by atoms with E-state index < -0.39 is 6.10 Å². The fourth-order valence-electron chi connectivity index (χ4n) is 10.9. The second-order valence-electron chi connectivity index (χ2n) is 24.2. The summed E-state index contributed by atoms with van der Waals surface area (Å²) in [5, 5.41) is 0. The molecule has 0 N–H and O–H groups in total. The quantitative estimate of drug-likeness (QED) is 0.0261. The van der Waals surface area contributed by atoms with Crippen LogP contribution in [0.25, 0.3) is 0 Å². The molecular weight excluding hydrogens is 961 g/mol. The fourth-order valence-corrected chi connectivity index (χ4v) is 10.9. The van der Waals surface area contributed by atoms with E-state index in [1.807, 2.05) is 0 Å². The van der Waals surface area contributed by atoms with Crippen LogP contribution in [-0.4, -0.2) is 37.2 Å². The molecule has 0 amide bonds. The largest absolute Gasteiger partial charge is 0.462 e. The van der Waals surface area contributed by atoms with E-state index in [4.69, 9.17) is 14.2 Å². The first-order chi connectivity index (χ1) is 38.5.